The number of carbonyl (C=O) groups is 3. The van der Waals surface area contributed by atoms with Crippen molar-refractivity contribution in [2.45, 2.75) is 57.8 Å². The molecule has 1 aromatic rings. The highest BCUT2D eigenvalue weighted by Crippen LogP contribution is 2.35. The topological polar surface area (TPSA) is 104 Å². The van der Waals surface area contributed by atoms with Crippen LogP contribution < -0.4 is 10.2 Å². The number of amides is 4. The SMILES string of the molecule is CC(C)(C)OC(=O)N1CCC2(CC1)CN(c1cnc(CN3CCC(=O)NC3=O)cc1Cl)CCO2. The third kappa shape index (κ3) is 5.72. The number of aromatic nitrogens is 1. The molecule has 0 aliphatic carbocycles. The predicted octanol–water partition coefficient (Wildman–Crippen LogP) is 2.78. The molecule has 34 heavy (non-hydrogen) atoms. The standard InChI is InChI=1S/C23H32ClN5O5/c1-22(2,3)34-21(32)27-8-5-23(6-9-27)15-29(10-11-33-23)18-13-25-16(12-17(18)24)14-28-7-4-19(30)26-20(28)31/h12-13H,4-11,14-15H2,1-3H3,(H,26,30,31). The van der Waals surface area contributed by atoms with Crippen LogP contribution in [0.2, 0.25) is 5.02 Å². The van der Waals surface area contributed by atoms with Gasteiger partial charge >= 0.3 is 12.1 Å². The van der Waals surface area contributed by atoms with Crippen molar-refractivity contribution in [1.29, 1.82) is 0 Å². The molecule has 0 unspecified atom stereocenters. The summed E-state index contributed by atoms with van der Waals surface area (Å²) in [6.07, 6.45) is 3.16. The molecule has 3 saturated heterocycles. The van der Waals surface area contributed by atoms with Crippen molar-refractivity contribution in [3.05, 3.63) is 23.0 Å². The van der Waals surface area contributed by atoms with E-state index in [4.69, 9.17) is 21.1 Å². The number of carbonyl (C=O) groups excluding carboxylic acids is 3. The zero-order chi connectivity index (χ0) is 24.5. The molecule has 1 spiro atoms. The van der Waals surface area contributed by atoms with Crippen molar-refractivity contribution in [1.82, 2.24) is 20.1 Å². The minimum absolute atomic E-state index is 0.263. The summed E-state index contributed by atoms with van der Waals surface area (Å²) in [5, 5.41) is 2.87. The number of nitrogens with one attached hydrogen (secondary N) is 1. The Morgan fingerprint density at radius 1 is 1.24 bits per heavy atom. The van der Waals surface area contributed by atoms with E-state index in [1.54, 1.807) is 22.1 Å². The lowest BCUT2D eigenvalue weighted by Crippen LogP contribution is -2.58. The minimum Gasteiger partial charge on any atom is -0.444 e. The van der Waals surface area contributed by atoms with E-state index in [2.05, 4.69) is 15.2 Å². The second-order valence-electron chi connectivity index (χ2n) is 10.1. The summed E-state index contributed by atoms with van der Waals surface area (Å²) >= 11 is 6.63. The second-order valence-corrected chi connectivity index (χ2v) is 10.5. The van der Waals surface area contributed by atoms with Crippen molar-refractivity contribution in [2.24, 2.45) is 0 Å². The van der Waals surface area contributed by atoms with Gasteiger partial charge in [-0.25, -0.2) is 9.59 Å². The van der Waals surface area contributed by atoms with Crippen LogP contribution >= 0.6 is 11.6 Å². The molecule has 1 N–H and O–H groups in total. The van der Waals surface area contributed by atoms with Crippen molar-refractivity contribution in [2.75, 3.05) is 44.2 Å². The molecule has 0 aromatic carbocycles. The quantitative estimate of drug-likeness (QED) is 0.690. The number of ether oxygens (including phenoxy) is 2. The highest BCUT2D eigenvalue weighted by Gasteiger charge is 2.42. The summed E-state index contributed by atoms with van der Waals surface area (Å²) in [5.41, 5.74) is 0.611. The summed E-state index contributed by atoms with van der Waals surface area (Å²) in [6, 6.07) is 1.36. The molecule has 0 radical (unpaired) electrons. The molecule has 10 nitrogen and oxygen atoms in total. The van der Waals surface area contributed by atoms with Crippen molar-refractivity contribution in [3.8, 4) is 0 Å². The third-order valence-corrected chi connectivity index (χ3v) is 6.60. The maximum atomic E-state index is 12.4. The average molecular weight is 494 g/mol. The molecule has 4 rings (SSSR count). The van der Waals surface area contributed by atoms with Gasteiger partial charge in [-0.15, -0.1) is 0 Å². The van der Waals surface area contributed by atoms with Gasteiger partial charge < -0.3 is 24.2 Å². The van der Waals surface area contributed by atoms with E-state index in [0.717, 1.165) is 5.69 Å². The lowest BCUT2D eigenvalue weighted by molar-refractivity contribution is -0.121. The van der Waals surface area contributed by atoms with Gasteiger partial charge in [0.15, 0.2) is 0 Å². The highest BCUT2D eigenvalue weighted by atomic mass is 35.5. The van der Waals surface area contributed by atoms with Gasteiger partial charge in [-0.1, -0.05) is 11.6 Å². The van der Waals surface area contributed by atoms with Crippen molar-refractivity contribution in [3.63, 3.8) is 0 Å². The summed E-state index contributed by atoms with van der Waals surface area (Å²) in [5.74, 6) is -0.263. The van der Waals surface area contributed by atoms with E-state index in [-0.39, 0.29) is 30.6 Å². The zero-order valence-corrected chi connectivity index (χ0v) is 20.7. The number of piperidine rings is 1. The first-order valence-corrected chi connectivity index (χ1v) is 12.0. The van der Waals surface area contributed by atoms with Gasteiger partial charge in [0.1, 0.15) is 5.60 Å². The molecular weight excluding hydrogens is 462 g/mol. The molecule has 0 saturated carbocycles. The summed E-state index contributed by atoms with van der Waals surface area (Å²) in [6.45, 7) is 9.30. The Morgan fingerprint density at radius 2 is 1.97 bits per heavy atom. The van der Waals surface area contributed by atoms with Crippen LogP contribution in [0.5, 0.6) is 0 Å². The molecule has 0 bridgehead atoms. The van der Waals surface area contributed by atoms with Gasteiger partial charge in [0.2, 0.25) is 5.91 Å². The maximum Gasteiger partial charge on any atom is 0.410 e. The molecule has 1 aromatic heterocycles. The number of halogens is 1. The van der Waals surface area contributed by atoms with E-state index in [9.17, 15) is 14.4 Å². The number of pyridine rings is 1. The highest BCUT2D eigenvalue weighted by molar-refractivity contribution is 6.33. The van der Waals surface area contributed by atoms with E-state index < -0.39 is 11.6 Å². The fourth-order valence-corrected chi connectivity index (χ4v) is 4.80. The monoisotopic (exact) mass is 493 g/mol. The van der Waals surface area contributed by atoms with E-state index >= 15 is 0 Å². The van der Waals surface area contributed by atoms with Gasteiger partial charge in [0, 0.05) is 39.1 Å². The van der Waals surface area contributed by atoms with Gasteiger partial charge in [0.25, 0.3) is 0 Å². The normalized spacial score (nSPS) is 21.0. The third-order valence-electron chi connectivity index (χ3n) is 6.30. The minimum atomic E-state index is -0.518. The molecule has 186 valence electrons. The van der Waals surface area contributed by atoms with Crippen LogP contribution in [0, 0.1) is 0 Å². The zero-order valence-electron chi connectivity index (χ0n) is 19.9. The van der Waals surface area contributed by atoms with Crippen molar-refractivity contribution >= 4 is 35.3 Å². The molecule has 11 heteroatoms. The summed E-state index contributed by atoms with van der Waals surface area (Å²) in [4.78, 5) is 45.7. The largest absolute Gasteiger partial charge is 0.444 e. The first-order chi connectivity index (χ1) is 16.0. The van der Waals surface area contributed by atoms with Crippen LogP contribution in [0.3, 0.4) is 0 Å². The number of anilines is 1. The van der Waals surface area contributed by atoms with Crippen LogP contribution in [-0.2, 0) is 20.8 Å². The lowest BCUT2D eigenvalue weighted by atomic mass is 9.89. The first kappa shape index (κ1) is 24.5. The molecule has 0 atom stereocenters. The number of urea groups is 1. The molecule has 3 aliphatic heterocycles. The number of hydrogen-bond donors (Lipinski definition) is 1. The Labute approximate surface area is 204 Å². The average Bonchev–Trinajstić information content (AvgIpc) is 2.75. The van der Waals surface area contributed by atoms with Gasteiger partial charge in [-0.3, -0.25) is 15.1 Å². The van der Waals surface area contributed by atoms with E-state index in [1.165, 1.54) is 0 Å². The van der Waals surface area contributed by atoms with Crippen molar-refractivity contribution < 1.29 is 23.9 Å². The number of rotatable bonds is 3. The molecule has 4 amide bonds. The number of nitrogens with zero attached hydrogens (tertiary/aromatic N) is 4. The fourth-order valence-electron chi connectivity index (χ4n) is 4.50. The summed E-state index contributed by atoms with van der Waals surface area (Å²) in [7, 11) is 0. The smallest absolute Gasteiger partial charge is 0.410 e. The van der Waals surface area contributed by atoms with Gasteiger partial charge in [0.05, 0.1) is 41.4 Å². The second kappa shape index (κ2) is 9.58. The lowest BCUT2D eigenvalue weighted by Gasteiger charge is -2.48. The van der Waals surface area contributed by atoms with E-state index in [1.807, 2.05) is 20.8 Å². The van der Waals surface area contributed by atoms with Gasteiger partial charge in [-0.05, 0) is 39.7 Å². The Kier molecular flexibility index (Phi) is 6.91. The van der Waals surface area contributed by atoms with Gasteiger partial charge in [-0.2, -0.15) is 0 Å². The fraction of sp³-hybridized carbons (Fsp3) is 0.652. The Hall–Kier alpha value is -2.59. The Morgan fingerprint density at radius 3 is 2.62 bits per heavy atom. The van der Waals surface area contributed by atoms with Crippen LogP contribution in [0.1, 0.15) is 45.7 Å². The molecule has 3 aliphatic rings. The van der Waals surface area contributed by atoms with Crippen LogP contribution in [0.15, 0.2) is 12.3 Å². The summed E-state index contributed by atoms with van der Waals surface area (Å²) < 4.78 is 11.7. The number of hydrogen-bond acceptors (Lipinski definition) is 7. The molecule has 3 fully saturated rings. The molecule has 4 heterocycles. The van der Waals surface area contributed by atoms with Crippen LogP contribution in [-0.4, -0.2) is 83.3 Å². The number of likely N-dealkylation sites (tertiary alicyclic amines) is 1. The number of imide groups is 1. The molecular formula is C23H32ClN5O5. The van der Waals surface area contributed by atoms with Crippen LogP contribution in [0.25, 0.3) is 0 Å². The predicted molar refractivity (Wildman–Crippen MR) is 126 cm³/mol. The van der Waals surface area contributed by atoms with Crippen LogP contribution in [0.4, 0.5) is 15.3 Å². The maximum absolute atomic E-state index is 12.4. The van der Waals surface area contributed by atoms with E-state index in [0.29, 0.717) is 62.9 Å². The first-order valence-electron chi connectivity index (χ1n) is 11.6. The Balaban J connectivity index is 1.37. The Bertz CT molecular complexity index is 958. The number of morpholine rings is 1.